The molecule has 0 aliphatic rings. The molecule has 0 heterocycles. The highest BCUT2D eigenvalue weighted by Crippen LogP contribution is 2.23. The smallest absolute Gasteiger partial charge is 0.208 e. The summed E-state index contributed by atoms with van der Waals surface area (Å²) >= 11 is 0. The van der Waals surface area contributed by atoms with Crippen molar-refractivity contribution in [2.45, 2.75) is 6.17 Å². The molecule has 106 valence electrons. The van der Waals surface area contributed by atoms with Crippen LogP contribution in [0.15, 0.2) is 54.6 Å². The summed E-state index contributed by atoms with van der Waals surface area (Å²) in [6, 6.07) is 16.8. The third kappa shape index (κ3) is 4.15. The highest BCUT2D eigenvalue weighted by molar-refractivity contribution is 7.88. The molecule has 0 fully saturated rings. The summed E-state index contributed by atoms with van der Waals surface area (Å²) in [5.74, 6) is 0. The minimum atomic E-state index is -3.37. The Bertz CT molecular complexity index is 654. The summed E-state index contributed by atoms with van der Waals surface area (Å²) in [6.45, 7) is -0.247. The van der Waals surface area contributed by atoms with Crippen LogP contribution in [0.2, 0.25) is 0 Å². The topological polar surface area (TPSA) is 46.2 Å². The van der Waals surface area contributed by atoms with Crippen LogP contribution in [0.25, 0.3) is 11.1 Å². The maximum Gasteiger partial charge on any atom is 0.208 e. The third-order valence-corrected chi connectivity index (χ3v) is 3.60. The zero-order chi connectivity index (χ0) is 14.6. The summed E-state index contributed by atoms with van der Waals surface area (Å²) in [5.41, 5.74) is 2.52. The average Bonchev–Trinajstić information content (AvgIpc) is 2.45. The normalized spacial score (nSPS) is 13.1. The fourth-order valence-electron chi connectivity index (χ4n) is 1.86. The summed E-state index contributed by atoms with van der Waals surface area (Å²) in [4.78, 5) is 0. The first-order valence-corrected chi connectivity index (χ1v) is 8.09. The summed E-state index contributed by atoms with van der Waals surface area (Å²) < 4.78 is 37.9. The van der Waals surface area contributed by atoms with Crippen LogP contribution in [-0.4, -0.2) is 21.2 Å². The summed E-state index contributed by atoms with van der Waals surface area (Å²) in [5, 5.41) is 0. The Morgan fingerprint density at radius 2 is 1.55 bits per heavy atom. The largest absolute Gasteiger partial charge is 0.241 e. The van der Waals surface area contributed by atoms with Gasteiger partial charge in [-0.15, -0.1) is 0 Å². The van der Waals surface area contributed by atoms with Crippen molar-refractivity contribution in [3.8, 4) is 11.1 Å². The molecule has 5 heteroatoms. The zero-order valence-electron chi connectivity index (χ0n) is 11.1. The standard InChI is InChI=1S/C15H16FNO2S/c1-20(18,19)17-11-15(16)14-9-7-13(8-10-14)12-5-3-2-4-6-12/h2-10,15,17H,11H2,1H3. The SMILES string of the molecule is CS(=O)(=O)NCC(F)c1ccc(-c2ccccc2)cc1. The van der Waals surface area contributed by atoms with E-state index in [1.165, 1.54) is 0 Å². The van der Waals surface area contributed by atoms with Crippen LogP contribution in [0, 0.1) is 0 Å². The molecule has 1 atom stereocenters. The van der Waals surface area contributed by atoms with E-state index < -0.39 is 16.2 Å². The lowest BCUT2D eigenvalue weighted by Gasteiger charge is -2.10. The van der Waals surface area contributed by atoms with Crippen LogP contribution in [0.1, 0.15) is 11.7 Å². The number of hydrogen-bond acceptors (Lipinski definition) is 2. The number of nitrogens with one attached hydrogen (secondary N) is 1. The molecule has 20 heavy (non-hydrogen) atoms. The molecule has 1 N–H and O–H groups in total. The van der Waals surface area contributed by atoms with Gasteiger partial charge < -0.3 is 0 Å². The molecule has 2 aromatic rings. The molecular formula is C15H16FNO2S. The Balaban J connectivity index is 2.08. The Hall–Kier alpha value is -1.72. The molecule has 0 radical (unpaired) electrons. The lowest BCUT2D eigenvalue weighted by Crippen LogP contribution is -2.25. The highest BCUT2D eigenvalue weighted by atomic mass is 32.2. The molecule has 0 saturated heterocycles. The van der Waals surface area contributed by atoms with Crippen LogP contribution in [0.5, 0.6) is 0 Å². The zero-order valence-corrected chi connectivity index (χ0v) is 11.9. The Morgan fingerprint density at radius 3 is 2.10 bits per heavy atom. The maximum atomic E-state index is 13.9. The van der Waals surface area contributed by atoms with Crippen molar-refractivity contribution in [2.75, 3.05) is 12.8 Å². The predicted octanol–water partition coefficient (Wildman–Crippen LogP) is 2.91. The van der Waals surface area contributed by atoms with E-state index in [1.807, 2.05) is 42.5 Å². The van der Waals surface area contributed by atoms with Gasteiger partial charge >= 0.3 is 0 Å². The first-order valence-electron chi connectivity index (χ1n) is 6.20. The highest BCUT2D eigenvalue weighted by Gasteiger charge is 2.12. The summed E-state index contributed by atoms with van der Waals surface area (Å²) in [6.07, 6.45) is -0.340. The van der Waals surface area contributed by atoms with Gasteiger partial charge in [-0.3, -0.25) is 0 Å². The van der Waals surface area contributed by atoms with Gasteiger partial charge in [0.15, 0.2) is 0 Å². The van der Waals surface area contributed by atoms with E-state index in [2.05, 4.69) is 4.72 Å². The van der Waals surface area contributed by atoms with Crippen LogP contribution in [-0.2, 0) is 10.0 Å². The minimum Gasteiger partial charge on any atom is -0.241 e. The molecule has 0 aromatic heterocycles. The average molecular weight is 293 g/mol. The van der Waals surface area contributed by atoms with Crippen LogP contribution >= 0.6 is 0 Å². The molecule has 0 amide bonds. The van der Waals surface area contributed by atoms with Crippen molar-refractivity contribution >= 4 is 10.0 Å². The molecule has 2 rings (SSSR count). The number of halogens is 1. The number of hydrogen-bond donors (Lipinski definition) is 1. The lowest BCUT2D eigenvalue weighted by molar-refractivity contribution is 0.343. The molecular weight excluding hydrogens is 277 g/mol. The Morgan fingerprint density at radius 1 is 1.00 bits per heavy atom. The van der Waals surface area contributed by atoms with Crippen molar-refractivity contribution < 1.29 is 12.8 Å². The quantitative estimate of drug-likeness (QED) is 0.921. The van der Waals surface area contributed by atoms with Gasteiger partial charge in [-0.05, 0) is 16.7 Å². The number of alkyl halides is 1. The van der Waals surface area contributed by atoms with E-state index >= 15 is 0 Å². The van der Waals surface area contributed by atoms with Gasteiger partial charge in [-0.25, -0.2) is 17.5 Å². The van der Waals surface area contributed by atoms with Crippen molar-refractivity contribution in [1.82, 2.24) is 4.72 Å². The van der Waals surface area contributed by atoms with Crippen molar-refractivity contribution in [3.05, 3.63) is 60.2 Å². The molecule has 0 aliphatic heterocycles. The third-order valence-electron chi connectivity index (χ3n) is 2.90. The molecule has 3 nitrogen and oxygen atoms in total. The molecule has 0 saturated carbocycles. The van der Waals surface area contributed by atoms with Crippen molar-refractivity contribution in [1.29, 1.82) is 0 Å². The second-order valence-corrected chi connectivity index (χ2v) is 6.41. The van der Waals surface area contributed by atoms with E-state index in [9.17, 15) is 12.8 Å². The van der Waals surface area contributed by atoms with Crippen molar-refractivity contribution in [2.24, 2.45) is 0 Å². The Labute approximate surface area is 118 Å². The van der Waals surface area contributed by atoms with Gasteiger partial charge in [0.2, 0.25) is 10.0 Å². The second-order valence-electron chi connectivity index (χ2n) is 4.58. The van der Waals surface area contributed by atoms with Gasteiger partial charge in [0, 0.05) is 6.54 Å². The van der Waals surface area contributed by atoms with Crippen LogP contribution < -0.4 is 4.72 Å². The number of rotatable bonds is 5. The summed E-state index contributed by atoms with van der Waals surface area (Å²) in [7, 11) is -3.37. The Kier molecular flexibility index (Phi) is 4.52. The lowest BCUT2D eigenvalue weighted by atomic mass is 10.0. The van der Waals surface area contributed by atoms with Gasteiger partial charge in [0.25, 0.3) is 0 Å². The number of sulfonamides is 1. The predicted molar refractivity (Wildman–Crippen MR) is 78.6 cm³/mol. The molecule has 1 unspecified atom stereocenters. The first-order chi connectivity index (χ1) is 9.46. The van der Waals surface area contributed by atoms with Gasteiger partial charge in [-0.2, -0.15) is 0 Å². The van der Waals surface area contributed by atoms with Crippen LogP contribution in [0.4, 0.5) is 4.39 Å². The maximum absolute atomic E-state index is 13.9. The first kappa shape index (κ1) is 14.7. The molecule has 2 aromatic carbocycles. The van der Waals surface area contributed by atoms with Gasteiger partial charge in [0.05, 0.1) is 6.26 Å². The van der Waals surface area contributed by atoms with Crippen molar-refractivity contribution in [3.63, 3.8) is 0 Å². The van der Waals surface area contributed by atoms with E-state index in [1.54, 1.807) is 12.1 Å². The van der Waals surface area contributed by atoms with Gasteiger partial charge in [0.1, 0.15) is 6.17 Å². The van der Waals surface area contributed by atoms with E-state index in [0.29, 0.717) is 5.56 Å². The molecule has 0 spiro atoms. The second kappa shape index (κ2) is 6.15. The molecule has 0 bridgehead atoms. The van der Waals surface area contributed by atoms with E-state index in [-0.39, 0.29) is 6.54 Å². The van der Waals surface area contributed by atoms with Gasteiger partial charge in [-0.1, -0.05) is 54.6 Å². The monoisotopic (exact) mass is 293 g/mol. The molecule has 0 aliphatic carbocycles. The minimum absolute atomic E-state index is 0.247. The number of benzene rings is 2. The van der Waals surface area contributed by atoms with E-state index in [0.717, 1.165) is 17.4 Å². The van der Waals surface area contributed by atoms with Crippen LogP contribution in [0.3, 0.4) is 0 Å². The fourth-order valence-corrected chi connectivity index (χ4v) is 2.31. The van der Waals surface area contributed by atoms with E-state index in [4.69, 9.17) is 0 Å². The fraction of sp³-hybridized carbons (Fsp3) is 0.200.